The van der Waals surface area contributed by atoms with Crippen LogP contribution in [0.3, 0.4) is 0 Å². The average Bonchev–Trinajstić information content (AvgIpc) is 2.86. The Morgan fingerprint density at radius 3 is 3.06 bits per heavy atom. The number of aromatic nitrogens is 3. The molecule has 0 aliphatic carbocycles. The van der Waals surface area contributed by atoms with Crippen molar-refractivity contribution in [2.45, 2.75) is 25.8 Å². The van der Waals surface area contributed by atoms with Crippen LogP contribution in [-0.4, -0.2) is 28.3 Å². The van der Waals surface area contributed by atoms with Gasteiger partial charge >= 0.3 is 0 Å². The largest absolute Gasteiger partial charge is 0.494 e. The normalized spacial score (nSPS) is 12.4. The molecule has 0 aromatic carbocycles. The minimum Gasteiger partial charge on any atom is -0.494 e. The van der Waals surface area contributed by atoms with Gasteiger partial charge in [-0.05, 0) is 12.5 Å². The summed E-state index contributed by atoms with van der Waals surface area (Å²) in [6.07, 6.45) is 4.74. The molecule has 0 aliphatic heterocycles. The monoisotopic (exact) mass is 248 g/mol. The molecule has 96 valence electrons. The number of ether oxygens (including phenoxy) is 1. The van der Waals surface area contributed by atoms with Crippen molar-refractivity contribution in [1.82, 2.24) is 15.1 Å². The number of hydrogen-bond donors (Lipinski definition) is 1. The molecule has 0 saturated carbocycles. The van der Waals surface area contributed by atoms with Gasteiger partial charge in [0.15, 0.2) is 5.82 Å². The predicted molar refractivity (Wildman–Crippen MR) is 66.1 cm³/mol. The maximum Gasteiger partial charge on any atom is 0.261 e. The van der Waals surface area contributed by atoms with Crippen LogP contribution in [0.5, 0.6) is 5.75 Å². The maximum absolute atomic E-state index is 5.85. The number of pyridine rings is 1. The highest BCUT2D eigenvalue weighted by Gasteiger charge is 2.14. The molecular formula is C12H16N4O2. The molecular weight excluding hydrogens is 232 g/mol. The Labute approximate surface area is 105 Å². The summed E-state index contributed by atoms with van der Waals surface area (Å²) in [5.41, 5.74) is 6.59. The maximum atomic E-state index is 5.85. The minimum atomic E-state index is 0.0507. The molecule has 0 radical (unpaired) electrons. The smallest absolute Gasteiger partial charge is 0.261 e. The zero-order chi connectivity index (χ0) is 13.0. The zero-order valence-electron chi connectivity index (χ0n) is 10.5. The van der Waals surface area contributed by atoms with Gasteiger partial charge in [0, 0.05) is 18.7 Å². The average molecular weight is 248 g/mol. The lowest BCUT2D eigenvalue weighted by atomic mass is 10.1. The molecule has 2 rings (SSSR count). The second-order valence-corrected chi connectivity index (χ2v) is 3.96. The van der Waals surface area contributed by atoms with Gasteiger partial charge in [-0.3, -0.25) is 4.98 Å². The number of nitrogens with zero attached hydrogens (tertiary/aromatic N) is 3. The summed E-state index contributed by atoms with van der Waals surface area (Å²) in [6, 6.07) is 1.82. The van der Waals surface area contributed by atoms with Gasteiger partial charge in [-0.25, -0.2) is 0 Å². The van der Waals surface area contributed by atoms with E-state index in [1.807, 2.05) is 6.92 Å². The van der Waals surface area contributed by atoms with Gasteiger partial charge in [0.25, 0.3) is 5.89 Å². The van der Waals surface area contributed by atoms with E-state index >= 15 is 0 Å². The van der Waals surface area contributed by atoms with Gasteiger partial charge in [-0.1, -0.05) is 12.1 Å². The summed E-state index contributed by atoms with van der Waals surface area (Å²) in [7, 11) is 1.57. The van der Waals surface area contributed by atoms with Crippen molar-refractivity contribution in [3.05, 3.63) is 24.3 Å². The van der Waals surface area contributed by atoms with Crippen molar-refractivity contribution >= 4 is 0 Å². The van der Waals surface area contributed by atoms with E-state index in [0.29, 0.717) is 23.9 Å². The molecule has 18 heavy (non-hydrogen) atoms. The molecule has 0 aliphatic rings. The quantitative estimate of drug-likeness (QED) is 0.861. The molecule has 1 unspecified atom stereocenters. The summed E-state index contributed by atoms with van der Waals surface area (Å²) < 4.78 is 10.4. The Morgan fingerprint density at radius 1 is 1.50 bits per heavy atom. The van der Waals surface area contributed by atoms with E-state index in [2.05, 4.69) is 15.1 Å². The summed E-state index contributed by atoms with van der Waals surface area (Å²) >= 11 is 0. The molecule has 2 heterocycles. The molecule has 1 atom stereocenters. The SMILES string of the molecule is CCC(N)Cc1noc(-c2ccncc2OC)n1. The van der Waals surface area contributed by atoms with E-state index in [9.17, 15) is 0 Å². The summed E-state index contributed by atoms with van der Waals surface area (Å²) in [5, 5.41) is 3.91. The highest BCUT2D eigenvalue weighted by Crippen LogP contribution is 2.27. The molecule has 0 spiro atoms. The topological polar surface area (TPSA) is 87.1 Å². The van der Waals surface area contributed by atoms with Crippen LogP contribution < -0.4 is 10.5 Å². The highest BCUT2D eigenvalue weighted by atomic mass is 16.5. The Kier molecular flexibility index (Phi) is 3.88. The molecule has 6 nitrogen and oxygen atoms in total. The highest BCUT2D eigenvalue weighted by molar-refractivity contribution is 5.61. The molecule has 0 bridgehead atoms. The zero-order valence-corrected chi connectivity index (χ0v) is 10.5. The second-order valence-electron chi connectivity index (χ2n) is 3.96. The molecule has 0 amide bonds. The van der Waals surface area contributed by atoms with Crippen molar-refractivity contribution < 1.29 is 9.26 Å². The van der Waals surface area contributed by atoms with Crippen molar-refractivity contribution in [3.8, 4) is 17.2 Å². The standard InChI is InChI=1S/C12H16N4O2/c1-3-8(13)6-11-15-12(18-16-11)9-4-5-14-7-10(9)17-2/h4-5,7-8H,3,6,13H2,1-2H3. The number of rotatable bonds is 5. The van der Waals surface area contributed by atoms with Crippen molar-refractivity contribution in [1.29, 1.82) is 0 Å². The van der Waals surface area contributed by atoms with Crippen molar-refractivity contribution in [2.24, 2.45) is 5.73 Å². The third-order valence-electron chi connectivity index (χ3n) is 2.67. The molecule has 0 saturated heterocycles. The van der Waals surface area contributed by atoms with Gasteiger partial charge in [-0.2, -0.15) is 4.98 Å². The summed E-state index contributed by atoms with van der Waals surface area (Å²) in [4.78, 5) is 8.29. The van der Waals surface area contributed by atoms with Crippen LogP contribution in [0.2, 0.25) is 0 Å². The summed E-state index contributed by atoms with van der Waals surface area (Å²) in [5.74, 6) is 1.64. The van der Waals surface area contributed by atoms with Crippen LogP contribution in [-0.2, 0) is 6.42 Å². The summed E-state index contributed by atoms with van der Waals surface area (Å²) in [6.45, 7) is 2.03. The fourth-order valence-electron chi connectivity index (χ4n) is 1.54. The first kappa shape index (κ1) is 12.5. The van der Waals surface area contributed by atoms with Gasteiger partial charge in [0.2, 0.25) is 0 Å². The Bertz CT molecular complexity index is 512. The van der Waals surface area contributed by atoms with Crippen LogP contribution in [0.1, 0.15) is 19.2 Å². The van der Waals surface area contributed by atoms with E-state index in [1.54, 1.807) is 25.6 Å². The number of methoxy groups -OCH3 is 1. The third-order valence-corrected chi connectivity index (χ3v) is 2.67. The first-order valence-corrected chi connectivity index (χ1v) is 5.81. The molecule has 6 heteroatoms. The van der Waals surface area contributed by atoms with Gasteiger partial charge < -0.3 is 15.0 Å². The van der Waals surface area contributed by atoms with Gasteiger partial charge in [0.1, 0.15) is 5.75 Å². The molecule has 2 aromatic heterocycles. The van der Waals surface area contributed by atoms with Crippen LogP contribution >= 0.6 is 0 Å². The Balaban J connectivity index is 2.24. The fraction of sp³-hybridized carbons (Fsp3) is 0.417. The molecule has 2 N–H and O–H groups in total. The van der Waals surface area contributed by atoms with E-state index in [0.717, 1.165) is 12.0 Å². The van der Waals surface area contributed by atoms with Crippen LogP contribution in [0.25, 0.3) is 11.5 Å². The first-order valence-electron chi connectivity index (χ1n) is 5.81. The van der Waals surface area contributed by atoms with Crippen molar-refractivity contribution in [2.75, 3.05) is 7.11 Å². The van der Waals surface area contributed by atoms with Gasteiger partial charge in [-0.15, -0.1) is 0 Å². The lowest BCUT2D eigenvalue weighted by Crippen LogP contribution is -2.21. The van der Waals surface area contributed by atoms with E-state index in [1.165, 1.54) is 0 Å². The van der Waals surface area contributed by atoms with E-state index in [4.69, 9.17) is 15.0 Å². The minimum absolute atomic E-state index is 0.0507. The lowest BCUT2D eigenvalue weighted by molar-refractivity contribution is 0.400. The van der Waals surface area contributed by atoms with Crippen LogP contribution in [0.4, 0.5) is 0 Å². The molecule has 0 fully saturated rings. The molecule has 2 aromatic rings. The van der Waals surface area contributed by atoms with Crippen molar-refractivity contribution in [3.63, 3.8) is 0 Å². The predicted octanol–water partition coefficient (Wildman–Crippen LogP) is 1.42. The number of hydrogen-bond acceptors (Lipinski definition) is 6. The lowest BCUT2D eigenvalue weighted by Gasteiger charge is -2.03. The number of nitrogens with two attached hydrogens (primary N) is 1. The van der Waals surface area contributed by atoms with E-state index in [-0.39, 0.29) is 6.04 Å². The fourth-order valence-corrected chi connectivity index (χ4v) is 1.54. The first-order chi connectivity index (χ1) is 8.74. The third kappa shape index (κ3) is 2.65. The second kappa shape index (κ2) is 5.59. The van der Waals surface area contributed by atoms with Crippen LogP contribution in [0, 0.1) is 0 Å². The van der Waals surface area contributed by atoms with E-state index < -0.39 is 0 Å². The van der Waals surface area contributed by atoms with Gasteiger partial charge in [0.05, 0.1) is 18.9 Å². The Hall–Kier alpha value is -1.95. The Morgan fingerprint density at radius 2 is 2.33 bits per heavy atom. The van der Waals surface area contributed by atoms with Crippen LogP contribution in [0.15, 0.2) is 23.0 Å².